The van der Waals surface area contributed by atoms with Crippen LogP contribution < -0.4 is 0 Å². The maximum absolute atomic E-state index is 12.0. The minimum atomic E-state index is -0.968. The molecule has 1 rings (SSSR count). The lowest BCUT2D eigenvalue weighted by molar-refractivity contribution is -0.152. The van der Waals surface area contributed by atoms with Crippen molar-refractivity contribution in [2.24, 2.45) is 0 Å². The zero-order valence-electron chi connectivity index (χ0n) is 31.0. The van der Waals surface area contributed by atoms with Gasteiger partial charge >= 0.3 is 11.9 Å². The lowest BCUT2D eigenvalue weighted by Gasteiger charge is -2.12. The van der Waals surface area contributed by atoms with Gasteiger partial charge in [0.25, 0.3) is 0 Å². The molecule has 0 bridgehead atoms. The molecule has 0 amide bonds. The Labute approximate surface area is 290 Å². The van der Waals surface area contributed by atoms with Gasteiger partial charge in [-0.2, -0.15) is 0 Å². The van der Waals surface area contributed by atoms with E-state index < -0.39 is 6.10 Å². The van der Waals surface area contributed by atoms with Gasteiger partial charge in [0.05, 0.1) is 12.2 Å². The summed E-state index contributed by atoms with van der Waals surface area (Å²) in [5.74, 6) is -0.577. The fourth-order valence-electron chi connectivity index (χ4n) is 6.21. The summed E-state index contributed by atoms with van der Waals surface area (Å²) in [6.45, 7) is 4.27. The third kappa shape index (κ3) is 30.4. The quantitative estimate of drug-likeness (QED) is 0.0310. The van der Waals surface area contributed by atoms with Crippen LogP contribution in [0.25, 0.3) is 0 Å². The Morgan fingerprint density at radius 1 is 0.553 bits per heavy atom. The summed E-state index contributed by atoms with van der Waals surface area (Å²) in [6, 6.07) is 0. The molecule has 0 saturated carbocycles. The van der Waals surface area contributed by atoms with Gasteiger partial charge in [-0.15, -0.1) is 0 Å². The Hall–Kier alpha value is -1.40. The average Bonchev–Trinajstić information content (AvgIpc) is 3.82. The van der Waals surface area contributed by atoms with Crippen LogP contribution in [0.4, 0.5) is 0 Å². The summed E-state index contributed by atoms with van der Waals surface area (Å²) in [4.78, 5) is 24.0. The fourth-order valence-corrected chi connectivity index (χ4v) is 6.21. The predicted octanol–water partition coefficient (Wildman–Crippen LogP) is 11.5. The number of hydrogen-bond donors (Lipinski definition) is 1. The molecule has 0 radical (unpaired) electrons. The molecule has 47 heavy (non-hydrogen) atoms. The third-order valence-corrected chi connectivity index (χ3v) is 9.42. The first-order valence-corrected chi connectivity index (χ1v) is 20.4. The van der Waals surface area contributed by atoms with Gasteiger partial charge in [0.1, 0.15) is 19.3 Å². The molecule has 1 heterocycles. The molecular weight excluding hydrogens is 588 g/mol. The summed E-state index contributed by atoms with van der Waals surface area (Å²) < 4.78 is 16.1. The number of carbonyl (C=O) groups excluding carboxylic acids is 2. The first kappa shape index (κ1) is 43.6. The van der Waals surface area contributed by atoms with E-state index in [1.54, 1.807) is 0 Å². The molecular formula is C41H76O6. The number of carbonyl (C=O) groups is 2. The highest BCUT2D eigenvalue weighted by Gasteiger charge is 2.36. The van der Waals surface area contributed by atoms with Gasteiger partial charge in [0.2, 0.25) is 0 Å². The number of rotatable bonds is 36. The highest BCUT2D eigenvalue weighted by molar-refractivity contribution is 5.69. The number of aliphatic hydroxyl groups excluding tert-OH is 1. The molecule has 2 unspecified atom stereocenters. The Bertz CT molecular complexity index is 737. The molecule has 276 valence electrons. The third-order valence-electron chi connectivity index (χ3n) is 9.42. The van der Waals surface area contributed by atoms with Crippen LogP contribution in [0.5, 0.6) is 0 Å². The minimum Gasteiger partial charge on any atom is -0.463 e. The Kier molecular flexibility index (Phi) is 30.7. The topological polar surface area (TPSA) is 85.4 Å². The van der Waals surface area contributed by atoms with Crippen LogP contribution in [0.15, 0.2) is 12.2 Å². The molecule has 3 atom stereocenters. The van der Waals surface area contributed by atoms with Gasteiger partial charge in [-0.1, -0.05) is 167 Å². The predicted molar refractivity (Wildman–Crippen MR) is 196 cm³/mol. The Balaban J connectivity index is 1.79. The average molecular weight is 665 g/mol. The van der Waals surface area contributed by atoms with Gasteiger partial charge in [-0.05, 0) is 38.5 Å². The number of epoxide rings is 1. The monoisotopic (exact) mass is 665 g/mol. The van der Waals surface area contributed by atoms with E-state index in [2.05, 4.69) is 26.0 Å². The van der Waals surface area contributed by atoms with Gasteiger partial charge in [-0.25, -0.2) is 0 Å². The Morgan fingerprint density at radius 3 is 1.43 bits per heavy atom. The van der Waals surface area contributed by atoms with Crippen LogP contribution in [0.1, 0.15) is 206 Å². The molecule has 0 aromatic heterocycles. The van der Waals surface area contributed by atoms with Crippen molar-refractivity contribution >= 4 is 11.9 Å². The van der Waals surface area contributed by atoms with E-state index in [9.17, 15) is 14.7 Å². The highest BCUT2D eigenvalue weighted by Crippen LogP contribution is 2.30. The van der Waals surface area contributed by atoms with Gasteiger partial charge < -0.3 is 19.3 Å². The van der Waals surface area contributed by atoms with Crippen molar-refractivity contribution in [3.05, 3.63) is 12.2 Å². The van der Waals surface area contributed by atoms with E-state index in [1.165, 1.54) is 128 Å². The van der Waals surface area contributed by atoms with Crippen molar-refractivity contribution in [1.29, 1.82) is 0 Å². The second kappa shape index (κ2) is 33.1. The van der Waals surface area contributed by atoms with Gasteiger partial charge in [0, 0.05) is 12.8 Å². The molecule has 1 fully saturated rings. The van der Waals surface area contributed by atoms with E-state index in [4.69, 9.17) is 14.2 Å². The molecule has 0 aromatic carbocycles. The normalized spacial score (nSPS) is 16.5. The molecule has 0 spiro atoms. The summed E-state index contributed by atoms with van der Waals surface area (Å²) in [5, 5.41) is 10.0. The SMILES string of the molecule is CCCCCCCCCCCCCCCCCCCC(=O)OC[C@@H](O)COC(=O)CCCCCCC/C=C\CC1OC1CCCCC. The summed E-state index contributed by atoms with van der Waals surface area (Å²) >= 11 is 0. The maximum atomic E-state index is 12.0. The van der Waals surface area contributed by atoms with E-state index >= 15 is 0 Å². The minimum absolute atomic E-state index is 0.118. The molecule has 1 saturated heterocycles. The van der Waals surface area contributed by atoms with E-state index in [0.717, 1.165) is 51.4 Å². The number of allylic oxidation sites excluding steroid dienone is 1. The van der Waals surface area contributed by atoms with Crippen molar-refractivity contribution in [3.8, 4) is 0 Å². The van der Waals surface area contributed by atoms with Gasteiger partial charge in [-0.3, -0.25) is 9.59 Å². The van der Waals surface area contributed by atoms with E-state index in [1.807, 2.05) is 0 Å². The number of aliphatic hydroxyl groups is 1. The van der Waals surface area contributed by atoms with Crippen molar-refractivity contribution in [2.75, 3.05) is 13.2 Å². The van der Waals surface area contributed by atoms with Crippen molar-refractivity contribution in [2.45, 2.75) is 225 Å². The van der Waals surface area contributed by atoms with Crippen molar-refractivity contribution in [1.82, 2.24) is 0 Å². The highest BCUT2D eigenvalue weighted by atomic mass is 16.6. The van der Waals surface area contributed by atoms with Crippen LogP contribution >= 0.6 is 0 Å². The van der Waals surface area contributed by atoms with E-state index in [0.29, 0.717) is 25.0 Å². The molecule has 6 nitrogen and oxygen atoms in total. The zero-order chi connectivity index (χ0) is 34.0. The Morgan fingerprint density at radius 2 is 0.957 bits per heavy atom. The lowest BCUT2D eigenvalue weighted by Crippen LogP contribution is -2.25. The number of ether oxygens (including phenoxy) is 3. The van der Waals surface area contributed by atoms with Crippen LogP contribution in [0, 0.1) is 0 Å². The van der Waals surface area contributed by atoms with Crippen LogP contribution in [0.3, 0.4) is 0 Å². The zero-order valence-corrected chi connectivity index (χ0v) is 31.0. The van der Waals surface area contributed by atoms with Gasteiger partial charge in [0.15, 0.2) is 0 Å². The van der Waals surface area contributed by atoms with Crippen molar-refractivity contribution < 1.29 is 28.9 Å². The summed E-state index contributed by atoms with van der Waals surface area (Å²) in [7, 11) is 0. The second-order valence-electron chi connectivity index (χ2n) is 14.1. The molecule has 1 N–H and O–H groups in total. The first-order chi connectivity index (χ1) is 23.1. The van der Waals surface area contributed by atoms with Crippen molar-refractivity contribution in [3.63, 3.8) is 0 Å². The lowest BCUT2D eigenvalue weighted by atomic mass is 10.0. The number of hydrogen-bond acceptors (Lipinski definition) is 6. The van der Waals surface area contributed by atoms with E-state index in [-0.39, 0.29) is 25.2 Å². The number of esters is 2. The van der Waals surface area contributed by atoms with Crippen LogP contribution in [-0.2, 0) is 23.8 Å². The maximum Gasteiger partial charge on any atom is 0.305 e. The van der Waals surface area contributed by atoms with Crippen LogP contribution in [-0.4, -0.2) is 48.6 Å². The molecule has 1 aliphatic rings. The first-order valence-electron chi connectivity index (χ1n) is 20.4. The van der Waals surface area contributed by atoms with Crippen LogP contribution in [0.2, 0.25) is 0 Å². The molecule has 6 heteroatoms. The largest absolute Gasteiger partial charge is 0.463 e. The summed E-state index contributed by atoms with van der Waals surface area (Å²) in [6.07, 6.45) is 40.1. The standard InChI is InChI=1S/C41H76O6/c1-3-5-7-8-9-10-11-12-13-14-15-16-17-18-22-25-29-33-40(43)45-35-37(42)36-46-41(44)34-30-26-23-20-19-21-24-28-32-39-38(47-39)31-27-6-4-2/h24,28,37-39,42H,3-23,25-27,29-36H2,1-2H3/b28-24-/t37-,38?,39?/m1/s1. The number of unbranched alkanes of at least 4 members (excludes halogenated alkanes) is 23. The smallest absolute Gasteiger partial charge is 0.305 e. The molecule has 1 aliphatic heterocycles. The molecule has 0 aromatic rings. The second-order valence-corrected chi connectivity index (χ2v) is 14.1. The summed E-state index contributed by atoms with van der Waals surface area (Å²) in [5.41, 5.74) is 0. The fraction of sp³-hybridized carbons (Fsp3) is 0.902. The molecule has 0 aliphatic carbocycles.